The van der Waals surface area contributed by atoms with E-state index in [-0.39, 0.29) is 17.8 Å². The van der Waals surface area contributed by atoms with Crippen LogP contribution in [0.25, 0.3) is 6.08 Å². The molecule has 4 rings (SSSR count). The number of fused-ring (bicyclic) bond motifs is 3. The Morgan fingerprint density at radius 2 is 2.06 bits per heavy atom. The normalized spacial score (nSPS) is 27.2. The number of benzene rings is 1. The van der Waals surface area contributed by atoms with Gasteiger partial charge in [-0.05, 0) is 55.9 Å². The van der Waals surface area contributed by atoms with Crippen molar-refractivity contribution in [3.8, 4) is 5.75 Å². The second-order valence-electron chi connectivity index (χ2n) is 8.89. The van der Waals surface area contributed by atoms with Gasteiger partial charge in [0, 0.05) is 5.92 Å². The highest BCUT2D eigenvalue weighted by Crippen LogP contribution is 2.49. The summed E-state index contributed by atoms with van der Waals surface area (Å²) < 4.78 is 24.4. The molecule has 2 heterocycles. The SMILES string of the molecule is CC/C(=C\c1ccc(O)c(F)c1)CC[C@H]1OC[C@H]2C1=C(C)C[C@H]1C(=O)N(C(=O)OC)C(=O)[C@H]12. The highest BCUT2D eigenvalue weighted by molar-refractivity contribution is 6.16. The number of phenols is 1. The number of hydrogen-bond donors (Lipinski definition) is 1. The zero-order chi connectivity index (χ0) is 23.9. The second-order valence-corrected chi connectivity index (χ2v) is 8.89. The fourth-order valence-electron chi connectivity index (χ4n) is 5.42. The smallest absolute Gasteiger partial charge is 0.423 e. The van der Waals surface area contributed by atoms with E-state index in [0.717, 1.165) is 36.7 Å². The zero-order valence-electron chi connectivity index (χ0n) is 19.0. The Morgan fingerprint density at radius 1 is 1.30 bits per heavy atom. The molecule has 3 amide bonds. The largest absolute Gasteiger partial charge is 0.505 e. The summed E-state index contributed by atoms with van der Waals surface area (Å²) in [7, 11) is 1.15. The third-order valence-electron chi connectivity index (χ3n) is 7.03. The number of allylic oxidation sites excluding steroid dienone is 2. The summed E-state index contributed by atoms with van der Waals surface area (Å²) >= 11 is 0. The number of nitrogens with zero attached hydrogens (tertiary/aromatic N) is 1. The van der Waals surface area contributed by atoms with Gasteiger partial charge in [0.15, 0.2) is 11.6 Å². The lowest BCUT2D eigenvalue weighted by atomic mass is 9.70. The number of rotatable bonds is 5. The van der Waals surface area contributed by atoms with Gasteiger partial charge >= 0.3 is 6.09 Å². The number of aromatic hydroxyl groups is 1. The van der Waals surface area contributed by atoms with Gasteiger partial charge in [-0.3, -0.25) is 9.59 Å². The Morgan fingerprint density at radius 3 is 2.73 bits per heavy atom. The molecule has 2 fully saturated rings. The summed E-state index contributed by atoms with van der Waals surface area (Å²) in [6.45, 7) is 4.33. The van der Waals surface area contributed by atoms with Gasteiger partial charge in [0.25, 0.3) is 0 Å². The van der Waals surface area contributed by atoms with E-state index in [4.69, 9.17) is 4.74 Å². The van der Waals surface area contributed by atoms with Gasteiger partial charge in [0.2, 0.25) is 11.8 Å². The van der Waals surface area contributed by atoms with Gasteiger partial charge in [-0.2, -0.15) is 4.90 Å². The van der Waals surface area contributed by atoms with Gasteiger partial charge in [-0.1, -0.05) is 30.2 Å². The highest BCUT2D eigenvalue weighted by atomic mass is 19.1. The molecule has 1 aromatic rings. The average molecular weight is 457 g/mol. The lowest BCUT2D eigenvalue weighted by molar-refractivity contribution is -0.137. The zero-order valence-corrected chi connectivity index (χ0v) is 19.0. The number of ether oxygens (including phenoxy) is 2. The third-order valence-corrected chi connectivity index (χ3v) is 7.03. The maximum Gasteiger partial charge on any atom is 0.423 e. The number of hydrogen-bond acceptors (Lipinski definition) is 6. The molecule has 0 unspecified atom stereocenters. The molecule has 7 nitrogen and oxygen atoms in total. The van der Waals surface area contributed by atoms with Crippen molar-refractivity contribution >= 4 is 24.0 Å². The molecule has 2 saturated heterocycles. The van der Waals surface area contributed by atoms with Crippen LogP contribution in [0.3, 0.4) is 0 Å². The summed E-state index contributed by atoms with van der Waals surface area (Å²) in [6, 6.07) is 4.31. The number of imide groups is 3. The number of likely N-dealkylation sites (tertiary alicyclic amines) is 1. The topological polar surface area (TPSA) is 93.1 Å². The van der Waals surface area contributed by atoms with Crippen LogP contribution in [0.2, 0.25) is 0 Å². The summed E-state index contributed by atoms with van der Waals surface area (Å²) in [5, 5.41) is 9.39. The lowest BCUT2D eigenvalue weighted by Crippen LogP contribution is -2.37. The van der Waals surface area contributed by atoms with Crippen LogP contribution in [0.1, 0.15) is 45.1 Å². The van der Waals surface area contributed by atoms with E-state index in [1.165, 1.54) is 12.1 Å². The molecular formula is C25H28FNO6. The minimum Gasteiger partial charge on any atom is -0.505 e. The molecule has 33 heavy (non-hydrogen) atoms. The maximum absolute atomic E-state index is 13.7. The third kappa shape index (κ3) is 4.08. The molecule has 0 aromatic heterocycles. The maximum atomic E-state index is 13.7. The lowest BCUT2D eigenvalue weighted by Gasteiger charge is -2.30. The molecule has 0 bridgehead atoms. The number of amides is 3. The summed E-state index contributed by atoms with van der Waals surface area (Å²) in [5.74, 6) is -3.39. The van der Waals surface area contributed by atoms with Crippen LogP contribution in [0.15, 0.2) is 34.9 Å². The first-order valence-corrected chi connectivity index (χ1v) is 11.2. The van der Waals surface area contributed by atoms with Gasteiger partial charge in [0.1, 0.15) is 0 Å². The first-order chi connectivity index (χ1) is 15.8. The first-order valence-electron chi connectivity index (χ1n) is 11.2. The van der Waals surface area contributed by atoms with Crippen molar-refractivity contribution in [2.24, 2.45) is 17.8 Å². The second kappa shape index (κ2) is 9.09. The summed E-state index contributed by atoms with van der Waals surface area (Å²) in [6.07, 6.45) is 3.45. The van der Waals surface area contributed by atoms with E-state index in [1.807, 2.05) is 19.9 Å². The molecule has 2 aliphatic heterocycles. The van der Waals surface area contributed by atoms with Crippen molar-refractivity contribution in [2.75, 3.05) is 13.7 Å². The van der Waals surface area contributed by atoms with Crippen LogP contribution in [0.4, 0.5) is 9.18 Å². The molecule has 1 N–H and O–H groups in total. The molecular weight excluding hydrogens is 429 g/mol. The molecule has 0 radical (unpaired) electrons. The van der Waals surface area contributed by atoms with Crippen molar-refractivity contribution in [2.45, 2.75) is 45.6 Å². The molecule has 1 aliphatic carbocycles. The molecule has 176 valence electrons. The van der Waals surface area contributed by atoms with Crippen molar-refractivity contribution in [3.63, 3.8) is 0 Å². The van der Waals surface area contributed by atoms with E-state index in [9.17, 15) is 23.9 Å². The molecule has 8 heteroatoms. The number of halogens is 1. The number of methoxy groups -OCH3 is 1. The summed E-state index contributed by atoms with van der Waals surface area (Å²) in [4.78, 5) is 38.3. The highest BCUT2D eigenvalue weighted by Gasteiger charge is 2.58. The fraction of sp³-hybridized carbons (Fsp3) is 0.480. The first kappa shape index (κ1) is 23.2. The minimum absolute atomic E-state index is 0.169. The Balaban J connectivity index is 1.50. The Labute approximate surface area is 191 Å². The van der Waals surface area contributed by atoms with E-state index in [1.54, 1.807) is 6.07 Å². The van der Waals surface area contributed by atoms with Gasteiger partial charge < -0.3 is 14.6 Å². The molecule has 0 saturated carbocycles. The van der Waals surface area contributed by atoms with E-state index in [0.29, 0.717) is 29.9 Å². The Hall–Kier alpha value is -3.00. The predicted molar refractivity (Wildman–Crippen MR) is 117 cm³/mol. The van der Waals surface area contributed by atoms with Gasteiger partial charge in [0.05, 0.1) is 31.7 Å². The van der Waals surface area contributed by atoms with Crippen molar-refractivity contribution in [1.82, 2.24) is 4.90 Å². The molecule has 3 aliphatic rings. The van der Waals surface area contributed by atoms with E-state index >= 15 is 0 Å². The van der Waals surface area contributed by atoms with E-state index in [2.05, 4.69) is 4.74 Å². The number of carbonyl (C=O) groups excluding carboxylic acids is 3. The van der Waals surface area contributed by atoms with Crippen molar-refractivity contribution in [3.05, 3.63) is 46.3 Å². The van der Waals surface area contributed by atoms with Gasteiger partial charge in [-0.25, -0.2) is 9.18 Å². The van der Waals surface area contributed by atoms with E-state index < -0.39 is 35.6 Å². The Kier molecular flexibility index (Phi) is 6.38. The van der Waals surface area contributed by atoms with Crippen LogP contribution < -0.4 is 0 Å². The quantitative estimate of drug-likeness (QED) is 0.526. The predicted octanol–water partition coefficient (Wildman–Crippen LogP) is 4.21. The van der Waals surface area contributed by atoms with Gasteiger partial charge in [-0.15, -0.1) is 0 Å². The standard InChI is InChI=1S/C25H28FNO6/c1-4-14(10-15-5-7-19(28)18(26)11-15)6-8-20-21-13(2)9-16-22(17(21)12-33-20)24(30)27(23(16)29)25(31)32-3/h5,7,10-11,16-17,20,22,28H,4,6,8-9,12H2,1-3H3/b14-10+/t16-,17+,20-,22-/m1/s1. The minimum atomic E-state index is -0.933. The van der Waals surface area contributed by atoms with Crippen LogP contribution >= 0.6 is 0 Å². The molecule has 0 spiro atoms. The van der Waals surface area contributed by atoms with Crippen LogP contribution in [0, 0.1) is 23.6 Å². The number of carbonyl (C=O) groups is 3. The van der Waals surface area contributed by atoms with Crippen LogP contribution in [0.5, 0.6) is 5.75 Å². The average Bonchev–Trinajstić information content (AvgIpc) is 3.32. The fourth-order valence-corrected chi connectivity index (χ4v) is 5.42. The summed E-state index contributed by atoms with van der Waals surface area (Å²) in [5.41, 5.74) is 3.90. The molecule has 1 aromatic carbocycles. The Bertz CT molecular complexity index is 1060. The number of phenolic OH excluding ortho intramolecular Hbond substituents is 1. The van der Waals surface area contributed by atoms with Crippen LogP contribution in [-0.4, -0.2) is 47.7 Å². The van der Waals surface area contributed by atoms with Crippen molar-refractivity contribution < 1.29 is 33.4 Å². The molecule has 4 atom stereocenters. The van der Waals surface area contributed by atoms with Crippen molar-refractivity contribution in [1.29, 1.82) is 0 Å². The monoisotopic (exact) mass is 457 g/mol. The van der Waals surface area contributed by atoms with Crippen LogP contribution in [-0.2, 0) is 19.1 Å².